The Labute approximate surface area is 314 Å². The van der Waals surface area contributed by atoms with Crippen LogP contribution in [0.15, 0.2) is 133 Å². The van der Waals surface area contributed by atoms with Crippen LogP contribution in [0, 0.1) is 11.8 Å². The monoisotopic (exact) mass is 708 g/mol. The van der Waals surface area contributed by atoms with Gasteiger partial charge in [0, 0.05) is 26.8 Å². The summed E-state index contributed by atoms with van der Waals surface area (Å²) in [5.41, 5.74) is 11.1. The van der Waals surface area contributed by atoms with Gasteiger partial charge in [0.2, 0.25) is 0 Å². The van der Waals surface area contributed by atoms with Crippen LogP contribution in [-0.4, -0.2) is 9.97 Å². The van der Waals surface area contributed by atoms with Gasteiger partial charge in [-0.2, -0.15) is 0 Å². The van der Waals surface area contributed by atoms with Gasteiger partial charge in [-0.05, 0) is 111 Å². The minimum absolute atomic E-state index is 0.0624. The second-order valence-corrected chi connectivity index (χ2v) is 17.6. The smallest absolute Gasteiger partial charge is 0.0816 e. The molecule has 4 aromatic carbocycles. The van der Waals surface area contributed by atoms with Crippen molar-refractivity contribution in [3.05, 3.63) is 154 Å². The number of benzene rings is 4. The Balaban J connectivity index is 1.21. The topological polar surface area (TPSA) is 25.8 Å². The van der Waals surface area contributed by atoms with Gasteiger partial charge in [0.05, 0.1) is 31.4 Å². The number of rotatable bonds is 4. The largest absolute Gasteiger partial charge is 0.252 e. The summed E-state index contributed by atoms with van der Waals surface area (Å²) < 4.78 is 0. The molecule has 0 saturated carbocycles. The molecule has 0 unspecified atom stereocenters. The lowest BCUT2D eigenvalue weighted by molar-refractivity contribution is 0.572. The van der Waals surface area contributed by atoms with Crippen LogP contribution in [0.4, 0.5) is 0 Å². The van der Waals surface area contributed by atoms with Crippen LogP contribution >= 0.6 is 22.7 Å². The molecule has 4 heteroatoms. The zero-order chi connectivity index (χ0) is 36.0. The third-order valence-electron chi connectivity index (χ3n) is 9.40. The first kappa shape index (κ1) is 33.8. The predicted octanol–water partition coefficient (Wildman–Crippen LogP) is 13.6. The Kier molecular flexibility index (Phi) is 8.66. The van der Waals surface area contributed by atoms with Crippen molar-refractivity contribution in [2.24, 2.45) is 0 Å². The molecule has 0 saturated heterocycles. The van der Waals surface area contributed by atoms with E-state index in [9.17, 15) is 0 Å². The number of hydrogen-bond acceptors (Lipinski definition) is 4. The number of aromatic nitrogens is 2. The van der Waals surface area contributed by atoms with Crippen molar-refractivity contribution in [1.82, 2.24) is 9.97 Å². The van der Waals surface area contributed by atoms with E-state index in [1.165, 1.54) is 27.1 Å². The van der Waals surface area contributed by atoms with Crippen LogP contribution in [0.2, 0.25) is 0 Å². The van der Waals surface area contributed by atoms with E-state index >= 15 is 0 Å². The Hall–Kier alpha value is -5.34. The summed E-state index contributed by atoms with van der Waals surface area (Å²) in [4.78, 5) is 14.9. The van der Waals surface area contributed by atoms with Crippen molar-refractivity contribution >= 4 is 44.5 Å². The fourth-order valence-electron chi connectivity index (χ4n) is 6.51. The first-order chi connectivity index (χ1) is 25.0. The van der Waals surface area contributed by atoms with Gasteiger partial charge in [-0.1, -0.05) is 114 Å². The summed E-state index contributed by atoms with van der Waals surface area (Å²) in [6.45, 7) is 13.4. The molecule has 4 aromatic heterocycles. The first-order valence-corrected chi connectivity index (χ1v) is 19.4. The van der Waals surface area contributed by atoms with Gasteiger partial charge in [0.25, 0.3) is 0 Å². The molecule has 0 spiro atoms. The van der Waals surface area contributed by atoms with Crippen LogP contribution in [0.1, 0.15) is 61.9 Å². The summed E-state index contributed by atoms with van der Waals surface area (Å²) in [6.07, 6.45) is 0. The molecule has 0 aliphatic carbocycles. The summed E-state index contributed by atoms with van der Waals surface area (Å²) in [6, 6.07) is 47.8. The molecular weight excluding hydrogens is 669 g/mol. The molecule has 0 atom stereocenters. The SMILES string of the molecule is CC(C)(C)c1cc(-c2ccccc2)c2cc(-c3ccc4nc(-c5ccc(C#Cc6ccc(C(C)(C)C)s6)s5)cc(-c5ccccc5)c4c3)ccc2n1. The molecule has 0 aliphatic rings. The Bertz CT molecular complexity index is 2640. The molecule has 52 heavy (non-hydrogen) atoms. The number of fused-ring (bicyclic) bond motifs is 2. The van der Waals surface area contributed by atoms with Gasteiger partial charge in [-0.25, -0.2) is 4.98 Å². The van der Waals surface area contributed by atoms with E-state index in [4.69, 9.17) is 9.97 Å². The van der Waals surface area contributed by atoms with E-state index < -0.39 is 0 Å². The van der Waals surface area contributed by atoms with Crippen LogP contribution in [0.25, 0.3) is 65.8 Å². The number of hydrogen-bond donors (Lipinski definition) is 0. The summed E-state index contributed by atoms with van der Waals surface area (Å²) in [7, 11) is 0. The van der Waals surface area contributed by atoms with Crippen molar-refractivity contribution in [1.29, 1.82) is 0 Å². The molecule has 8 aromatic rings. The highest BCUT2D eigenvalue weighted by molar-refractivity contribution is 7.16. The van der Waals surface area contributed by atoms with Gasteiger partial charge < -0.3 is 0 Å². The maximum absolute atomic E-state index is 5.22. The molecule has 0 fully saturated rings. The summed E-state index contributed by atoms with van der Waals surface area (Å²) in [5, 5.41) is 2.28. The molecule has 8 rings (SSSR count). The van der Waals surface area contributed by atoms with Gasteiger partial charge in [-0.3, -0.25) is 4.98 Å². The average Bonchev–Trinajstić information content (AvgIpc) is 3.84. The maximum atomic E-state index is 5.22. The lowest BCUT2D eigenvalue weighted by Crippen LogP contribution is -2.13. The Morgan fingerprint density at radius 1 is 0.462 bits per heavy atom. The maximum Gasteiger partial charge on any atom is 0.0816 e. The average molecular weight is 709 g/mol. The molecule has 0 radical (unpaired) electrons. The second-order valence-electron chi connectivity index (χ2n) is 15.4. The van der Waals surface area contributed by atoms with Crippen molar-refractivity contribution in [2.45, 2.75) is 52.4 Å². The molecule has 0 amide bonds. The molecule has 0 aliphatic heterocycles. The standard InChI is InChI=1S/C48H40N2S2/c1-47(2,3)45-30-38(32-15-11-8-12-16-32)40-28-34(18-24-42(40)50-45)33-17-23-41-39(27-33)37(31-13-9-7-10-14-31)29-43(49-41)44-25-21-35(51-44)19-20-36-22-26-46(52-36)48(4,5)6/h7-18,21-30H,1-6H3. The van der Waals surface area contributed by atoms with E-state index in [1.807, 2.05) is 0 Å². The first-order valence-electron chi connectivity index (χ1n) is 17.7. The van der Waals surface area contributed by atoms with Gasteiger partial charge in [-0.15, -0.1) is 22.7 Å². The molecular formula is C48H40N2S2. The van der Waals surface area contributed by atoms with E-state index in [2.05, 4.69) is 187 Å². The third kappa shape index (κ3) is 6.83. The second kappa shape index (κ2) is 13.3. The zero-order valence-electron chi connectivity index (χ0n) is 30.4. The van der Waals surface area contributed by atoms with Crippen molar-refractivity contribution in [3.63, 3.8) is 0 Å². The van der Waals surface area contributed by atoms with Crippen LogP contribution in [0.3, 0.4) is 0 Å². The molecule has 254 valence electrons. The van der Waals surface area contributed by atoms with E-state index in [1.54, 1.807) is 22.7 Å². The third-order valence-corrected chi connectivity index (χ3v) is 11.9. The number of thiophene rings is 2. The Morgan fingerprint density at radius 3 is 1.56 bits per heavy atom. The summed E-state index contributed by atoms with van der Waals surface area (Å²) >= 11 is 3.47. The summed E-state index contributed by atoms with van der Waals surface area (Å²) in [5.74, 6) is 6.80. The van der Waals surface area contributed by atoms with Crippen molar-refractivity contribution in [2.75, 3.05) is 0 Å². The van der Waals surface area contributed by atoms with Crippen LogP contribution < -0.4 is 0 Å². The van der Waals surface area contributed by atoms with Crippen LogP contribution in [-0.2, 0) is 10.8 Å². The van der Waals surface area contributed by atoms with Gasteiger partial charge >= 0.3 is 0 Å². The molecule has 4 heterocycles. The van der Waals surface area contributed by atoms with Crippen LogP contribution in [0.5, 0.6) is 0 Å². The number of nitrogens with zero attached hydrogens (tertiary/aromatic N) is 2. The van der Waals surface area contributed by atoms with E-state index in [-0.39, 0.29) is 10.8 Å². The molecule has 0 bridgehead atoms. The van der Waals surface area contributed by atoms with E-state index in [0.717, 1.165) is 59.0 Å². The van der Waals surface area contributed by atoms with Gasteiger partial charge in [0.1, 0.15) is 0 Å². The van der Waals surface area contributed by atoms with Crippen molar-refractivity contribution < 1.29 is 0 Å². The molecule has 2 nitrogen and oxygen atoms in total. The highest BCUT2D eigenvalue weighted by Gasteiger charge is 2.20. The Morgan fingerprint density at radius 2 is 1.00 bits per heavy atom. The quantitative estimate of drug-likeness (QED) is 0.170. The molecule has 0 N–H and O–H groups in total. The minimum Gasteiger partial charge on any atom is -0.252 e. The highest BCUT2D eigenvalue weighted by atomic mass is 32.1. The zero-order valence-corrected chi connectivity index (χ0v) is 32.0. The van der Waals surface area contributed by atoms with E-state index in [0.29, 0.717) is 0 Å². The fourth-order valence-corrected chi connectivity index (χ4v) is 8.25. The lowest BCUT2D eigenvalue weighted by atomic mass is 9.88. The highest BCUT2D eigenvalue weighted by Crippen LogP contribution is 2.39. The fraction of sp³-hybridized carbons (Fsp3) is 0.167. The number of pyridine rings is 2. The lowest BCUT2D eigenvalue weighted by Gasteiger charge is -2.20. The minimum atomic E-state index is -0.0624. The predicted molar refractivity (Wildman–Crippen MR) is 224 cm³/mol. The van der Waals surface area contributed by atoms with Crippen molar-refractivity contribution in [3.8, 4) is 55.8 Å². The van der Waals surface area contributed by atoms with Gasteiger partial charge in [0.15, 0.2) is 0 Å². The normalized spacial score (nSPS) is 11.9.